The Morgan fingerprint density at radius 1 is 1.19 bits per heavy atom. The van der Waals surface area contributed by atoms with Crippen molar-refractivity contribution in [1.29, 1.82) is 0 Å². The van der Waals surface area contributed by atoms with E-state index in [2.05, 4.69) is 15.2 Å². The van der Waals surface area contributed by atoms with Gasteiger partial charge in [-0.1, -0.05) is 12.5 Å². The topological polar surface area (TPSA) is 91.6 Å². The van der Waals surface area contributed by atoms with Crippen molar-refractivity contribution >= 4 is 17.6 Å². The molecule has 2 heterocycles. The van der Waals surface area contributed by atoms with Gasteiger partial charge in [-0.05, 0) is 31.4 Å². The van der Waals surface area contributed by atoms with Crippen molar-refractivity contribution in [2.24, 2.45) is 11.7 Å². The van der Waals surface area contributed by atoms with E-state index in [0.717, 1.165) is 44.6 Å². The molecule has 142 valence electrons. The van der Waals surface area contributed by atoms with Crippen LogP contribution in [0, 0.1) is 5.92 Å². The molecule has 0 radical (unpaired) electrons. The van der Waals surface area contributed by atoms with Gasteiger partial charge in [0.15, 0.2) is 0 Å². The van der Waals surface area contributed by atoms with Crippen molar-refractivity contribution in [2.45, 2.75) is 38.1 Å². The van der Waals surface area contributed by atoms with Crippen LogP contribution in [0.3, 0.4) is 0 Å². The second-order valence-electron chi connectivity index (χ2n) is 7.22. The van der Waals surface area contributed by atoms with Crippen LogP contribution in [-0.2, 0) is 9.59 Å². The highest BCUT2D eigenvalue weighted by atomic mass is 16.2. The maximum absolute atomic E-state index is 12.4. The summed E-state index contributed by atoms with van der Waals surface area (Å²) in [5.41, 5.74) is 5.94. The minimum Gasteiger partial charge on any atom is -0.355 e. The molecule has 3 rings (SSSR count). The molecular weight excluding hydrogens is 330 g/mol. The fourth-order valence-electron chi connectivity index (χ4n) is 3.79. The zero-order valence-electron chi connectivity index (χ0n) is 15.3. The zero-order valence-corrected chi connectivity index (χ0v) is 15.3. The van der Waals surface area contributed by atoms with Crippen LogP contribution >= 0.6 is 0 Å². The molecule has 1 aliphatic heterocycles. The first-order chi connectivity index (χ1) is 12.6. The van der Waals surface area contributed by atoms with E-state index in [-0.39, 0.29) is 23.8 Å². The fourth-order valence-corrected chi connectivity index (χ4v) is 3.79. The van der Waals surface area contributed by atoms with Crippen LogP contribution in [0.2, 0.25) is 0 Å². The lowest BCUT2D eigenvalue weighted by Gasteiger charge is -2.35. The van der Waals surface area contributed by atoms with Gasteiger partial charge < -0.3 is 20.9 Å². The molecule has 2 amide bonds. The normalized spacial score (nSPS) is 23.6. The zero-order chi connectivity index (χ0) is 18.4. The van der Waals surface area contributed by atoms with Crippen LogP contribution in [0.15, 0.2) is 24.4 Å². The van der Waals surface area contributed by atoms with E-state index in [1.165, 1.54) is 0 Å². The second kappa shape index (κ2) is 8.98. The number of carbonyl (C=O) groups is 2. The van der Waals surface area contributed by atoms with Crippen molar-refractivity contribution < 1.29 is 9.59 Å². The average molecular weight is 359 g/mol. The average Bonchev–Trinajstić information content (AvgIpc) is 2.68. The largest absolute Gasteiger partial charge is 0.355 e. The molecule has 1 aromatic rings. The summed E-state index contributed by atoms with van der Waals surface area (Å²) in [7, 11) is 0. The Morgan fingerprint density at radius 2 is 2.00 bits per heavy atom. The van der Waals surface area contributed by atoms with Crippen LogP contribution in [0.1, 0.15) is 32.1 Å². The van der Waals surface area contributed by atoms with E-state index in [1.54, 1.807) is 6.20 Å². The summed E-state index contributed by atoms with van der Waals surface area (Å²) in [6, 6.07) is 6.00. The van der Waals surface area contributed by atoms with E-state index in [4.69, 9.17) is 5.73 Å². The summed E-state index contributed by atoms with van der Waals surface area (Å²) in [4.78, 5) is 33.0. The molecule has 1 aromatic heterocycles. The number of hydrogen-bond donors (Lipinski definition) is 2. The Labute approximate surface area is 154 Å². The quantitative estimate of drug-likeness (QED) is 0.810. The Bertz CT molecular complexity index is 601. The van der Waals surface area contributed by atoms with Crippen molar-refractivity contribution in [3.05, 3.63) is 24.4 Å². The molecular formula is C19H29N5O2. The molecule has 2 aliphatic rings. The SMILES string of the molecule is NC1CCCC(C(=O)NCCC(=O)N2CCN(c3ccccn3)CC2)C1. The lowest BCUT2D eigenvalue weighted by molar-refractivity contribution is -0.131. The number of nitrogens with zero attached hydrogens (tertiary/aromatic N) is 3. The Kier molecular flexibility index (Phi) is 6.44. The van der Waals surface area contributed by atoms with Gasteiger partial charge in [-0.3, -0.25) is 9.59 Å². The number of hydrogen-bond acceptors (Lipinski definition) is 5. The van der Waals surface area contributed by atoms with Gasteiger partial charge in [0, 0.05) is 57.3 Å². The predicted octanol–water partition coefficient (Wildman–Crippen LogP) is 0.754. The monoisotopic (exact) mass is 359 g/mol. The van der Waals surface area contributed by atoms with E-state index < -0.39 is 0 Å². The predicted molar refractivity (Wildman–Crippen MR) is 101 cm³/mol. The fraction of sp³-hybridized carbons (Fsp3) is 0.632. The van der Waals surface area contributed by atoms with Gasteiger partial charge in [0.1, 0.15) is 5.82 Å². The highest BCUT2D eigenvalue weighted by Gasteiger charge is 2.26. The molecule has 2 fully saturated rings. The number of nitrogens with one attached hydrogen (secondary N) is 1. The summed E-state index contributed by atoms with van der Waals surface area (Å²) in [6.07, 6.45) is 5.83. The number of aromatic nitrogens is 1. The van der Waals surface area contributed by atoms with Crippen LogP contribution in [0.4, 0.5) is 5.82 Å². The molecule has 3 N–H and O–H groups in total. The molecule has 1 saturated carbocycles. The molecule has 0 bridgehead atoms. The lowest BCUT2D eigenvalue weighted by atomic mass is 9.85. The first kappa shape index (κ1) is 18.6. The van der Waals surface area contributed by atoms with Gasteiger partial charge in [-0.25, -0.2) is 4.98 Å². The van der Waals surface area contributed by atoms with Gasteiger partial charge >= 0.3 is 0 Å². The molecule has 1 aliphatic carbocycles. The third-order valence-corrected chi connectivity index (χ3v) is 5.33. The summed E-state index contributed by atoms with van der Waals surface area (Å²) < 4.78 is 0. The third kappa shape index (κ3) is 4.94. The van der Waals surface area contributed by atoms with Crippen molar-refractivity contribution in [1.82, 2.24) is 15.2 Å². The third-order valence-electron chi connectivity index (χ3n) is 5.33. The number of rotatable bonds is 5. The number of amides is 2. The first-order valence-electron chi connectivity index (χ1n) is 9.60. The molecule has 0 spiro atoms. The minimum atomic E-state index is 0.00997. The van der Waals surface area contributed by atoms with E-state index in [1.807, 2.05) is 23.1 Å². The molecule has 1 saturated heterocycles. The lowest BCUT2D eigenvalue weighted by Crippen LogP contribution is -2.49. The van der Waals surface area contributed by atoms with E-state index in [9.17, 15) is 9.59 Å². The Morgan fingerprint density at radius 3 is 2.69 bits per heavy atom. The maximum atomic E-state index is 12.4. The molecule has 2 atom stereocenters. The number of piperazine rings is 1. The minimum absolute atomic E-state index is 0.00997. The molecule has 2 unspecified atom stereocenters. The van der Waals surface area contributed by atoms with Gasteiger partial charge in [-0.2, -0.15) is 0 Å². The van der Waals surface area contributed by atoms with Crippen LogP contribution in [0.5, 0.6) is 0 Å². The summed E-state index contributed by atoms with van der Waals surface area (Å²) in [6.45, 7) is 3.37. The molecule has 7 heteroatoms. The van der Waals surface area contributed by atoms with Crippen LogP contribution < -0.4 is 16.0 Å². The highest BCUT2D eigenvalue weighted by Crippen LogP contribution is 2.23. The maximum Gasteiger partial charge on any atom is 0.224 e. The van der Waals surface area contributed by atoms with Crippen molar-refractivity contribution in [3.63, 3.8) is 0 Å². The summed E-state index contributed by atoms with van der Waals surface area (Å²) >= 11 is 0. The van der Waals surface area contributed by atoms with Crippen LogP contribution in [0.25, 0.3) is 0 Å². The molecule has 7 nitrogen and oxygen atoms in total. The van der Waals surface area contributed by atoms with Crippen molar-refractivity contribution in [2.75, 3.05) is 37.6 Å². The number of nitrogens with two attached hydrogens (primary N) is 1. The van der Waals surface area contributed by atoms with Gasteiger partial charge in [0.05, 0.1) is 0 Å². The molecule has 0 aromatic carbocycles. The highest BCUT2D eigenvalue weighted by molar-refractivity contribution is 5.80. The Hall–Kier alpha value is -2.15. The van der Waals surface area contributed by atoms with E-state index >= 15 is 0 Å². The standard InChI is InChI=1S/C19H29N5O2/c20-16-5-3-4-15(14-16)19(26)22-9-7-18(25)24-12-10-23(11-13-24)17-6-1-2-8-21-17/h1-2,6,8,15-16H,3-5,7,9-14,20H2,(H,22,26). The summed E-state index contributed by atoms with van der Waals surface area (Å²) in [5.74, 6) is 1.12. The smallest absolute Gasteiger partial charge is 0.224 e. The number of pyridine rings is 1. The summed E-state index contributed by atoms with van der Waals surface area (Å²) in [5, 5.41) is 2.92. The first-order valence-corrected chi connectivity index (χ1v) is 9.60. The Balaban J connectivity index is 1.36. The number of carbonyl (C=O) groups excluding carboxylic acids is 2. The van der Waals surface area contributed by atoms with Crippen molar-refractivity contribution in [3.8, 4) is 0 Å². The van der Waals surface area contributed by atoms with Gasteiger partial charge in [0.25, 0.3) is 0 Å². The second-order valence-corrected chi connectivity index (χ2v) is 7.22. The van der Waals surface area contributed by atoms with Crippen LogP contribution in [-0.4, -0.2) is 60.5 Å². The van der Waals surface area contributed by atoms with Gasteiger partial charge in [-0.15, -0.1) is 0 Å². The molecule has 26 heavy (non-hydrogen) atoms. The number of anilines is 1. The van der Waals surface area contributed by atoms with E-state index in [0.29, 0.717) is 26.1 Å². The van der Waals surface area contributed by atoms with Gasteiger partial charge in [0.2, 0.25) is 11.8 Å².